The number of hydrogen-bond acceptors (Lipinski definition) is 3. The molecule has 2 nitrogen and oxygen atoms in total. The van der Waals surface area contributed by atoms with Crippen LogP contribution in [-0.2, 0) is 4.79 Å². The zero-order valence-electron chi connectivity index (χ0n) is 10.2. The van der Waals surface area contributed by atoms with Crippen LogP contribution in [0.3, 0.4) is 0 Å². The molecule has 1 aromatic carbocycles. The lowest BCUT2D eigenvalue weighted by Gasteiger charge is -2.11. The van der Waals surface area contributed by atoms with Crippen molar-refractivity contribution in [3.8, 4) is 0 Å². The van der Waals surface area contributed by atoms with Crippen molar-refractivity contribution in [3.63, 3.8) is 0 Å². The molecule has 0 atom stereocenters. The van der Waals surface area contributed by atoms with E-state index in [2.05, 4.69) is 0 Å². The molecule has 1 amide bonds. The zero-order chi connectivity index (χ0) is 14.0. The van der Waals surface area contributed by atoms with Crippen LogP contribution in [0.4, 0.5) is 0 Å². The summed E-state index contributed by atoms with van der Waals surface area (Å²) in [5.74, 6) is -0.0621. The van der Waals surface area contributed by atoms with Gasteiger partial charge in [0, 0.05) is 6.54 Å². The van der Waals surface area contributed by atoms with Gasteiger partial charge >= 0.3 is 0 Å². The summed E-state index contributed by atoms with van der Waals surface area (Å²) >= 11 is 18.6. The van der Waals surface area contributed by atoms with E-state index in [1.165, 1.54) is 11.8 Å². The molecule has 100 valence electrons. The predicted octanol–water partition coefficient (Wildman–Crippen LogP) is 4.60. The van der Waals surface area contributed by atoms with Gasteiger partial charge in [0.2, 0.25) is 0 Å². The molecule has 0 bridgehead atoms. The number of carbonyl (C=O) groups excluding carboxylic acids is 1. The third-order valence-electron chi connectivity index (χ3n) is 2.59. The Bertz CT molecular complexity index is 572. The lowest BCUT2D eigenvalue weighted by Crippen LogP contribution is -2.28. The minimum atomic E-state index is -0.0621. The molecule has 2 rings (SSSR count). The minimum Gasteiger partial charge on any atom is -0.293 e. The van der Waals surface area contributed by atoms with Crippen molar-refractivity contribution in [2.24, 2.45) is 0 Å². The number of thioether (sulfide) groups is 1. The van der Waals surface area contributed by atoms with Crippen molar-refractivity contribution in [1.82, 2.24) is 4.90 Å². The van der Waals surface area contributed by atoms with Crippen LogP contribution < -0.4 is 0 Å². The fourth-order valence-electron chi connectivity index (χ4n) is 1.69. The van der Waals surface area contributed by atoms with Gasteiger partial charge in [0.1, 0.15) is 4.32 Å². The Morgan fingerprint density at radius 3 is 2.84 bits per heavy atom. The third-order valence-corrected chi connectivity index (χ3v) is 4.80. The van der Waals surface area contributed by atoms with Crippen molar-refractivity contribution in [3.05, 3.63) is 38.7 Å². The average molecular weight is 332 g/mol. The van der Waals surface area contributed by atoms with E-state index in [4.69, 9.17) is 35.4 Å². The average Bonchev–Trinajstić information content (AvgIpc) is 2.63. The number of halogens is 2. The highest BCUT2D eigenvalue weighted by Gasteiger charge is 2.31. The predicted molar refractivity (Wildman–Crippen MR) is 86.6 cm³/mol. The second kappa shape index (κ2) is 6.27. The van der Waals surface area contributed by atoms with E-state index in [1.54, 1.807) is 23.1 Å². The number of rotatable bonds is 3. The molecule has 0 radical (unpaired) electrons. The number of carbonyl (C=O) groups is 1. The first-order valence-corrected chi connectivity index (χ1v) is 7.72. The molecule has 0 spiro atoms. The van der Waals surface area contributed by atoms with Gasteiger partial charge in [0.05, 0.1) is 15.0 Å². The van der Waals surface area contributed by atoms with Crippen molar-refractivity contribution in [1.29, 1.82) is 0 Å². The highest BCUT2D eigenvalue weighted by atomic mass is 35.5. The second-order valence-electron chi connectivity index (χ2n) is 3.98. The largest absolute Gasteiger partial charge is 0.293 e. The summed E-state index contributed by atoms with van der Waals surface area (Å²) in [4.78, 5) is 14.4. The number of benzene rings is 1. The molecule has 6 heteroatoms. The minimum absolute atomic E-state index is 0.0621. The fraction of sp³-hybridized carbons (Fsp3) is 0.231. The summed E-state index contributed by atoms with van der Waals surface area (Å²) in [7, 11) is 0. The van der Waals surface area contributed by atoms with E-state index in [0.717, 1.165) is 12.0 Å². The van der Waals surface area contributed by atoms with Gasteiger partial charge in [-0.15, -0.1) is 0 Å². The first-order valence-electron chi connectivity index (χ1n) is 5.74. The molecular formula is C13H11Cl2NOS2. The molecule has 1 aliphatic rings. The summed E-state index contributed by atoms with van der Waals surface area (Å²) < 4.78 is 0.594. The number of thiocarbonyl (C=S) groups is 1. The molecule has 1 heterocycles. The number of nitrogens with zero attached hydrogens (tertiary/aromatic N) is 1. The molecular weight excluding hydrogens is 321 g/mol. The second-order valence-corrected chi connectivity index (χ2v) is 6.44. The Morgan fingerprint density at radius 2 is 2.16 bits per heavy atom. The summed E-state index contributed by atoms with van der Waals surface area (Å²) in [6.07, 6.45) is 2.61. The topological polar surface area (TPSA) is 20.3 Å². The fourth-order valence-corrected chi connectivity index (χ4v) is 3.35. The van der Waals surface area contributed by atoms with E-state index in [1.807, 2.05) is 13.0 Å². The van der Waals surface area contributed by atoms with Gasteiger partial charge in [0.15, 0.2) is 0 Å². The standard InChI is InChI=1S/C13H11Cl2NOS2/c1-2-6-16-12(17)10(19-13(16)18)7-8-4-3-5-9(14)11(8)15/h3-5,7H,2,6H2,1H3/b10-7-. The van der Waals surface area contributed by atoms with Crippen LogP contribution in [0.5, 0.6) is 0 Å². The van der Waals surface area contributed by atoms with Gasteiger partial charge in [0.25, 0.3) is 5.91 Å². The van der Waals surface area contributed by atoms with Gasteiger partial charge in [-0.1, -0.05) is 66.2 Å². The molecule has 0 unspecified atom stereocenters. The maximum absolute atomic E-state index is 12.2. The smallest absolute Gasteiger partial charge is 0.266 e. The van der Waals surface area contributed by atoms with Gasteiger partial charge in [-0.25, -0.2) is 0 Å². The van der Waals surface area contributed by atoms with Crippen molar-refractivity contribution >= 4 is 63.5 Å². The molecule has 1 aliphatic heterocycles. The van der Waals surface area contributed by atoms with E-state index in [9.17, 15) is 4.79 Å². The molecule has 0 aromatic heterocycles. The van der Waals surface area contributed by atoms with Crippen LogP contribution in [0.2, 0.25) is 10.0 Å². The van der Waals surface area contributed by atoms with Crippen LogP contribution in [0.15, 0.2) is 23.1 Å². The van der Waals surface area contributed by atoms with E-state index < -0.39 is 0 Å². The molecule has 19 heavy (non-hydrogen) atoms. The van der Waals surface area contributed by atoms with E-state index in [0.29, 0.717) is 25.8 Å². The Kier molecular flexibility index (Phi) is 4.90. The number of hydrogen-bond donors (Lipinski definition) is 0. The molecule has 0 aliphatic carbocycles. The van der Waals surface area contributed by atoms with E-state index >= 15 is 0 Å². The van der Waals surface area contributed by atoms with Crippen LogP contribution in [0.1, 0.15) is 18.9 Å². The van der Waals surface area contributed by atoms with Gasteiger partial charge in [-0.3, -0.25) is 9.69 Å². The molecule has 1 aromatic rings. The lowest BCUT2D eigenvalue weighted by atomic mass is 10.2. The summed E-state index contributed by atoms with van der Waals surface area (Å²) in [5.41, 5.74) is 0.728. The first-order chi connectivity index (χ1) is 9.04. The Balaban J connectivity index is 2.32. The Morgan fingerprint density at radius 1 is 1.42 bits per heavy atom. The van der Waals surface area contributed by atoms with Crippen LogP contribution in [-0.4, -0.2) is 21.7 Å². The quantitative estimate of drug-likeness (QED) is 0.596. The van der Waals surface area contributed by atoms with Crippen molar-refractivity contribution in [2.75, 3.05) is 6.54 Å². The zero-order valence-corrected chi connectivity index (χ0v) is 13.3. The van der Waals surface area contributed by atoms with Crippen LogP contribution in [0.25, 0.3) is 6.08 Å². The Hall–Kier alpha value is -0.550. The highest BCUT2D eigenvalue weighted by molar-refractivity contribution is 8.26. The number of amides is 1. The van der Waals surface area contributed by atoms with Crippen LogP contribution in [0, 0.1) is 0 Å². The first kappa shape index (κ1) is 14.9. The lowest BCUT2D eigenvalue weighted by molar-refractivity contribution is -0.122. The maximum atomic E-state index is 12.2. The summed E-state index contributed by atoms with van der Waals surface area (Å²) in [5, 5.41) is 0.921. The monoisotopic (exact) mass is 331 g/mol. The normalized spacial score (nSPS) is 17.6. The van der Waals surface area contributed by atoms with Gasteiger partial charge in [-0.2, -0.15) is 0 Å². The maximum Gasteiger partial charge on any atom is 0.266 e. The molecule has 0 saturated carbocycles. The molecule has 0 N–H and O–H groups in total. The Labute approximate surface area is 131 Å². The van der Waals surface area contributed by atoms with Gasteiger partial charge in [-0.05, 0) is 24.1 Å². The summed E-state index contributed by atoms with van der Waals surface area (Å²) in [6.45, 7) is 2.65. The van der Waals surface area contributed by atoms with Crippen molar-refractivity contribution in [2.45, 2.75) is 13.3 Å². The van der Waals surface area contributed by atoms with E-state index in [-0.39, 0.29) is 5.91 Å². The molecule has 1 fully saturated rings. The SMILES string of the molecule is CCCN1C(=O)/C(=C/c2cccc(Cl)c2Cl)SC1=S. The molecule has 1 saturated heterocycles. The summed E-state index contributed by atoms with van der Waals surface area (Å²) in [6, 6.07) is 5.33. The third kappa shape index (κ3) is 3.14. The highest BCUT2D eigenvalue weighted by Crippen LogP contribution is 2.35. The van der Waals surface area contributed by atoms with Gasteiger partial charge < -0.3 is 0 Å². The van der Waals surface area contributed by atoms with Crippen LogP contribution >= 0.6 is 47.2 Å². The van der Waals surface area contributed by atoms with Crippen molar-refractivity contribution < 1.29 is 4.79 Å².